The molecule has 4 unspecified atom stereocenters. The summed E-state index contributed by atoms with van der Waals surface area (Å²) in [5, 5.41) is 20.5. The minimum atomic E-state index is -1.39. The van der Waals surface area contributed by atoms with Crippen LogP contribution >= 0.6 is 0 Å². The van der Waals surface area contributed by atoms with Crippen molar-refractivity contribution in [1.29, 1.82) is 0 Å². The molecule has 0 radical (unpaired) electrons. The minimum Gasteiger partial charge on any atom is -0.480 e. The highest BCUT2D eigenvalue weighted by molar-refractivity contribution is 5.92. The van der Waals surface area contributed by atoms with Crippen LogP contribution in [0.1, 0.15) is 26.7 Å². The Morgan fingerprint density at radius 1 is 1.35 bits per heavy atom. The normalized spacial score (nSPS) is 23.0. The summed E-state index contributed by atoms with van der Waals surface area (Å²) in [6.07, 6.45) is -0.116. The van der Waals surface area contributed by atoms with E-state index in [1.165, 1.54) is 18.7 Å². The fourth-order valence-electron chi connectivity index (χ4n) is 2.20. The summed E-state index contributed by atoms with van der Waals surface area (Å²) >= 11 is 0. The largest absolute Gasteiger partial charge is 0.480 e. The molecular formula is C12H21N3O5. The molecule has 0 aliphatic carbocycles. The van der Waals surface area contributed by atoms with E-state index in [0.29, 0.717) is 19.4 Å². The third-order valence-corrected chi connectivity index (χ3v) is 3.27. The number of carbonyl (C=O) groups excluding carboxylic acids is 2. The van der Waals surface area contributed by atoms with Gasteiger partial charge in [0, 0.05) is 6.54 Å². The molecule has 0 saturated carbocycles. The van der Waals surface area contributed by atoms with Crippen molar-refractivity contribution in [3.63, 3.8) is 0 Å². The summed E-state index contributed by atoms with van der Waals surface area (Å²) in [6.45, 7) is 3.23. The predicted octanol–water partition coefficient (Wildman–Crippen LogP) is -1.73. The highest BCUT2D eigenvalue weighted by atomic mass is 16.4. The zero-order valence-corrected chi connectivity index (χ0v) is 11.6. The number of carbonyl (C=O) groups is 3. The van der Waals surface area contributed by atoms with Crippen LogP contribution < -0.4 is 11.1 Å². The molecule has 4 atom stereocenters. The molecular weight excluding hydrogens is 266 g/mol. The van der Waals surface area contributed by atoms with Gasteiger partial charge >= 0.3 is 5.97 Å². The zero-order chi connectivity index (χ0) is 15.4. The Bertz CT molecular complexity index is 397. The lowest BCUT2D eigenvalue weighted by molar-refractivity contribution is -0.146. The van der Waals surface area contributed by atoms with Crippen LogP contribution in [-0.2, 0) is 14.4 Å². The Morgan fingerprint density at radius 3 is 2.40 bits per heavy atom. The lowest BCUT2D eigenvalue weighted by Gasteiger charge is -2.27. The Balaban J connectivity index is 2.75. The first kappa shape index (κ1) is 16.4. The minimum absolute atomic E-state index is 0.341. The highest BCUT2D eigenvalue weighted by Crippen LogP contribution is 2.18. The van der Waals surface area contributed by atoms with E-state index >= 15 is 0 Å². The van der Waals surface area contributed by atoms with Crippen molar-refractivity contribution in [2.75, 3.05) is 6.54 Å². The molecule has 0 aromatic heterocycles. The number of hydrogen-bond donors (Lipinski definition) is 4. The number of rotatable bonds is 5. The van der Waals surface area contributed by atoms with Gasteiger partial charge in [0.2, 0.25) is 11.8 Å². The van der Waals surface area contributed by atoms with Gasteiger partial charge in [0.05, 0.1) is 12.1 Å². The number of nitrogens with two attached hydrogens (primary N) is 1. The highest BCUT2D eigenvalue weighted by Gasteiger charge is 2.37. The second kappa shape index (κ2) is 6.67. The summed E-state index contributed by atoms with van der Waals surface area (Å²) in [5.74, 6) is -2.24. The summed E-state index contributed by atoms with van der Waals surface area (Å²) in [7, 11) is 0. The molecule has 0 bridgehead atoms. The van der Waals surface area contributed by atoms with E-state index in [0.717, 1.165) is 0 Å². The maximum Gasteiger partial charge on any atom is 0.328 e. The molecule has 1 fully saturated rings. The first-order chi connectivity index (χ1) is 9.25. The van der Waals surface area contributed by atoms with Crippen molar-refractivity contribution < 1.29 is 24.6 Å². The average molecular weight is 287 g/mol. The standard InChI is InChI=1S/C12H21N3O5/c1-6(13)11(18)15-5-3-4-8(15)10(17)14-9(7(2)16)12(19)20/h6-9,16H,3-5,13H2,1-2H3,(H,14,17)(H,19,20). The van der Waals surface area contributed by atoms with Crippen LogP contribution in [0.25, 0.3) is 0 Å². The lowest BCUT2D eigenvalue weighted by atomic mass is 10.1. The van der Waals surface area contributed by atoms with Crippen molar-refractivity contribution in [1.82, 2.24) is 10.2 Å². The van der Waals surface area contributed by atoms with Crippen molar-refractivity contribution in [2.24, 2.45) is 5.73 Å². The van der Waals surface area contributed by atoms with Crippen molar-refractivity contribution >= 4 is 17.8 Å². The maximum atomic E-state index is 12.1. The van der Waals surface area contributed by atoms with Crippen LogP contribution in [0.4, 0.5) is 0 Å². The van der Waals surface area contributed by atoms with E-state index in [9.17, 15) is 19.5 Å². The van der Waals surface area contributed by atoms with Gasteiger partial charge in [-0.15, -0.1) is 0 Å². The SMILES string of the molecule is CC(N)C(=O)N1CCCC1C(=O)NC(C(=O)O)C(C)O. The molecule has 1 aliphatic rings. The van der Waals surface area contributed by atoms with E-state index in [2.05, 4.69) is 5.32 Å². The van der Waals surface area contributed by atoms with Crippen molar-refractivity contribution in [2.45, 2.75) is 50.9 Å². The lowest BCUT2D eigenvalue weighted by Crippen LogP contribution is -2.55. The number of likely N-dealkylation sites (tertiary alicyclic amines) is 1. The third-order valence-electron chi connectivity index (χ3n) is 3.27. The van der Waals surface area contributed by atoms with Gasteiger partial charge in [-0.1, -0.05) is 0 Å². The molecule has 0 spiro atoms. The zero-order valence-electron chi connectivity index (χ0n) is 11.6. The van der Waals surface area contributed by atoms with Gasteiger partial charge in [-0.05, 0) is 26.7 Å². The summed E-state index contributed by atoms with van der Waals surface area (Å²) < 4.78 is 0. The molecule has 8 nitrogen and oxygen atoms in total. The number of aliphatic hydroxyl groups excluding tert-OH is 1. The third kappa shape index (κ3) is 3.67. The number of carboxylic acids is 1. The number of carboxylic acid groups (broad SMARTS) is 1. The molecule has 5 N–H and O–H groups in total. The van der Waals surface area contributed by atoms with E-state index in [4.69, 9.17) is 10.8 Å². The van der Waals surface area contributed by atoms with Gasteiger partial charge in [-0.2, -0.15) is 0 Å². The van der Waals surface area contributed by atoms with E-state index in [1.54, 1.807) is 0 Å². The summed E-state index contributed by atoms with van der Waals surface area (Å²) in [5.41, 5.74) is 5.52. The smallest absolute Gasteiger partial charge is 0.328 e. The maximum absolute atomic E-state index is 12.1. The Morgan fingerprint density at radius 2 is 1.95 bits per heavy atom. The van der Waals surface area contributed by atoms with Crippen molar-refractivity contribution in [3.05, 3.63) is 0 Å². The predicted molar refractivity (Wildman–Crippen MR) is 69.6 cm³/mol. The molecule has 1 rings (SSSR count). The first-order valence-electron chi connectivity index (χ1n) is 6.53. The number of nitrogens with zero attached hydrogens (tertiary/aromatic N) is 1. The van der Waals surface area contributed by atoms with E-state index in [-0.39, 0.29) is 5.91 Å². The quantitative estimate of drug-likeness (QED) is 0.475. The first-order valence-corrected chi connectivity index (χ1v) is 6.53. The number of amides is 2. The van der Waals surface area contributed by atoms with Gasteiger partial charge in [0.15, 0.2) is 6.04 Å². The molecule has 1 aliphatic heterocycles. The topological polar surface area (TPSA) is 133 Å². The summed E-state index contributed by atoms with van der Waals surface area (Å²) in [6, 6.07) is -2.83. The summed E-state index contributed by atoms with van der Waals surface area (Å²) in [4.78, 5) is 36.3. The Hall–Kier alpha value is -1.67. The van der Waals surface area contributed by atoms with Crippen LogP contribution in [0.15, 0.2) is 0 Å². The van der Waals surface area contributed by atoms with Gasteiger partial charge in [-0.25, -0.2) is 4.79 Å². The van der Waals surface area contributed by atoms with Gasteiger partial charge < -0.3 is 26.2 Å². The molecule has 0 aromatic rings. The van der Waals surface area contributed by atoms with Crippen molar-refractivity contribution in [3.8, 4) is 0 Å². The van der Waals surface area contributed by atoms with Gasteiger partial charge in [0.25, 0.3) is 0 Å². The molecule has 2 amide bonds. The molecule has 0 aromatic carbocycles. The second-order valence-corrected chi connectivity index (χ2v) is 5.04. The number of aliphatic carboxylic acids is 1. The Labute approximate surface area is 116 Å². The molecule has 1 heterocycles. The second-order valence-electron chi connectivity index (χ2n) is 5.04. The monoisotopic (exact) mass is 287 g/mol. The van der Waals surface area contributed by atoms with Crippen LogP contribution in [0.5, 0.6) is 0 Å². The number of aliphatic hydroxyl groups is 1. The Kier molecular flexibility index (Phi) is 5.46. The van der Waals surface area contributed by atoms with Gasteiger partial charge in [0.1, 0.15) is 6.04 Å². The fourth-order valence-corrected chi connectivity index (χ4v) is 2.20. The number of nitrogens with one attached hydrogen (secondary N) is 1. The molecule has 1 saturated heterocycles. The van der Waals surface area contributed by atoms with E-state index < -0.39 is 36.1 Å². The van der Waals surface area contributed by atoms with Gasteiger partial charge in [-0.3, -0.25) is 9.59 Å². The fraction of sp³-hybridized carbons (Fsp3) is 0.750. The molecule has 8 heteroatoms. The number of hydrogen-bond acceptors (Lipinski definition) is 5. The molecule has 114 valence electrons. The molecule has 20 heavy (non-hydrogen) atoms. The van der Waals surface area contributed by atoms with Crippen LogP contribution in [0.3, 0.4) is 0 Å². The average Bonchev–Trinajstić information content (AvgIpc) is 2.82. The van der Waals surface area contributed by atoms with Crippen LogP contribution in [0.2, 0.25) is 0 Å². The van der Waals surface area contributed by atoms with Crippen LogP contribution in [0, 0.1) is 0 Å². The van der Waals surface area contributed by atoms with Crippen LogP contribution in [-0.4, -0.2) is 63.7 Å². The van der Waals surface area contributed by atoms with E-state index in [1.807, 2.05) is 0 Å².